The van der Waals surface area contributed by atoms with Crippen molar-refractivity contribution in [3.05, 3.63) is 139 Å². The summed E-state index contributed by atoms with van der Waals surface area (Å²) in [4.78, 5) is 32.5. The molecule has 6 nitrogen and oxygen atoms in total. The maximum Gasteiger partial charge on any atom is 0.338 e. The van der Waals surface area contributed by atoms with Crippen molar-refractivity contribution in [2.45, 2.75) is 32.9 Å². The van der Waals surface area contributed by atoms with E-state index in [4.69, 9.17) is 9.47 Å². The van der Waals surface area contributed by atoms with E-state index >= 15 is 0 Å². The van der Waals surface area contributed by atoms with Crippen molar-refractivity contribution in [1.82, 2.24) is 4.57 Å². The number of carbonyl (C=O) groups is 1. The summed E-state index contributed by atoms with van der Waals surface area (Å²) in [5.41, 5.74) is 3.36. The molecule has 5 rings (SSSR count). The van der Waals surface area contributed by atoms with Crippen LogP contribution in [0.4, 0.5) is 0 Å². The minimum absolute atomic E-state index is 0.127. The largest absolute Gasteiger partial charge is 0.494 e. The lowest BCUT2D eigenvalue weighted by molar-refractivity contribution is -0.140. The Morgan fingerprint density at radius 3 is 2.40 bits per heavy atom. The Labute approximate surface area is 236 Å². The van der Waals surface area contributed by atoms with Crippen molar-refractivity contribution in [2.24, 2.45) is 4.99 Å². The van der Waals surface area contributed by atoms with Gasteiger partial charge in [0.25, 0.3) is 5.56 Å². The highest BCUT2D eigenvalue weighted by atomic mass is 32.1. The summed E-state index contributed by atoms with van der Waals surface area (Å²) in [5.74, 6) is 0.234. The Kier molecular flexibility index (Phi) is 8.52. The zero-order valence-electron chi connectivity index (χ0n) is 22.4. The summed E-state index contributed by atoms with van der Waals surface area (Å²) in [5, 5.41) is 0. The minimum atomic E-state index is -0.681. The Morgan fingerprint density at radius 1 is 1.00 bits per heavy atom. The van der Waals surface area contributed by atoms with Crippen molar-refractivity contribution in [3.8, 4) is 5.75 Å². The topological polar surface area (TPSA) is 69.9 Å². The van der Waals surface area contributed by atoms with Crippen LogP contribution in [-0.4, -0.2) is 17.1 Å². The van der Waals surface area contributed by atoms with Crippen molar-refractivity contribution < 1.29 is 14.3 Å². The van der Waals surface area contributed by atoms with E-state index in [1.54, 1.807) is 17.6 Å². The van der Waals surface area contributed by atoms with Crippen molar-refractivity contribution in [1.29, 1.82) is 0 Å². The number of carbonyl (C=O) groups excluding carboxylic acids is 1. The molecule has 0 N–H and O–H groups in total. The van der Waals surface area contributed by atoms with Gasteiger partial charge in [-0.2, -0.15) is 0 Å². The third-order valence-corrected chi connectivity index (χ3v) is 7.46. The van der Waals surface area contributed by atoms with E-state index in [9.17, 15) is 9.59 Å². The molecule has 7 heteroatoms. The highest BCUT2D eigenvalue weighted by Crippen LogP contribution is 2.32. The predicted molar refractivity (Wildman–Crippen MR) is 159 cm³/mol. The van der Waals surface area contributed by atoms with Crippen LogP contribution in [0.2, 0.25) is 0 Å². The number of hydrogen-bond acceptors (Lipinski definition) is 6. The number of nitrogens with zero attached hydrogens (tertiary/aromatic N) is 2. The SMILES string of the molecule is CCCOc1ccc(C2C(C(=O)OCc3ccccc3)=C(C)N=c3sc(=CC=Cc4ccccc4)c(=O)n32)cc1. The number of fused-ring (bicyclic) bond motifs is 1. The quantitative estimate of drug-likeness (QED) is 0.261. The first-order valence-electron chi connectivity index (χ1n) is 13.2. The van der Waals surface area contributed by atoms with Gasteiger partial charge in [-0.3, -0.25) is 9.36 Å². The summed E-state index contributed by atoms with van der Waals surface area (Å²) in [6, 6.07) is 26.2. The van der Waals surface area contributed by atoms with E-state index in [2.05, 4.69) is 11.9 Å². The number of benzene rings is 3. The van der Waals surface area contributed by atoms with Crippen LogP contribution >= 0.6 is 11.3 Å². The van der Waals surface area contributed by atoms with Gasteiger partial charge < -0.3 is 9.47 Å². The van der Waals surface area contributed by atoms with Gasteiger partial charge in [-0.05, 0) is 48.2 Å². The highest BCUT2D eigenvalue weighted by Gasteiger charge is 2.33. The summed E-state index contributed by atoms with van der Waals surface area (Å²) < 4.78 is 13.6. The summed E-state index contributed by atoms with van der Waals surface area (Å²) in [7, 11) is 0. The molecular formula is C33H30N2O4S. The fourth-order valence-corrected chi connectivity index (χ4v) is 5.49. The molecule has 0 bridgehead atoms. The summed E-state index contributed by atoms with van der Waals surface area (Å²) in [6.45, 7) is 4.58. The monoisotopic (exact) mass is 550 g/mol. The third-order valence-electron chi connectivity index (χ3n) is 6.46. The van der Waals surface area contributed by atoms with Gasteiger partial charge in [0.15, 0.2) is 4.80 Å². The van der Waals surface area contributed by atoms with E-state index in [1.165, 1.54) is 11.3 Å². The van der Waals surface area contributed by atoms with Crippen molar-refractivity contribution >= 4 is 29.5 Å². The molecule has 2 heterocycles. The molecular weight excluding hydrogens is 520 g/mol. The van der Waals surface area contributed by atoms with Crippen LogP contribution in [0.15, 0.2) is 112 Å². The molecule has 0 saturated carbocycles. The second kappa shape index (κ2) is 12.6. The normalized spacial score (nSPS) is 15.2. The molecule has 0 spiro atoms. The number of aromatic nitrogens is 1. The van der Waals surface area contributed by atoms with Crippen LogP contribution < -0.4 is 19.6 Å². The van der Waals surface area contributed by atoms with Crippen LogP contribution in [-0.2, 0) is 16.1 Å². The number of esters is 1. The Hall–Kier alpha value is -4.49. The highest BCUT2D eigenvalue weighted by molar-refractivity contribution is 7.07. The van der Waals surface area contributed by atoms with Crippen molar-refractivity contribution in [3.63, 3.8) is 0 Å². The van der Waals surface area contributed by atoms with Gasteiger partial charge in [0.2, 0.25) is 0 Å². The van der Waals surface area contributed by atoms with E-state index in [1.807, 2.05) is 97.1 Å². The lowest BCUT2D eigenvalue weighted by Gasteiger charge is -2.25. The lowest BCUT2D eigenvalue weighted by atomic mass is 9.96. The summed E-state index contributed by atoms with van der Waals surface area (Å²) in [6.07, 6.45) is 6.50. The molecule has 1 atom stereocenters. The molecule has 202 valence electrons. The fraction of sp³-hybridized carbons (Fsp3) is 0.182. The number of allylic oxidation sites excluding steroid dienone is 2. The number of rotatable bonds is 9. The number of hydrogen-bond donors (Lipinski definition) is 0. The molecule has 0 radical (unpaired) electrons. The Morgan fingerprint density at radius 2 is 1.70 bits per heavy atom. The molecule has 3 aromatic carbocycles. The molecule has 0 saturated heterocycles. The van der Waals surface area contributed by atoms with Gasteiger partial charge in [0.05, 0.1) is 28.5 Å². The van der Waals surface area contributed by atoms with Crippen LogP contribution in [0, 0.1) is 0 Å². The molecule has 1 unspecified atom stereocenters. The molecule has 1 aliphatic rings. The van der Waals surface area contributed by atoms with Gasteiger partial charge in [-0.25, -0.2) is 9.79 Å². The molecule has 0 aliphatic carbocycles. The van der Waals surface area contributed by atoms with Gasteiger partial charge in [0.1, 0.15) is 12.4 Å². The molecule has 1 aliphatic heterocycles. The molecule has 40 heavy (non-hydrogen) atoms. The van der Waals surface area contributed by atoms with Crippen LogP contribution in [0.1, 0.15) is 43.0 Å². The molecule has 1 aromatic heterocycles. The Bertz CT molecular complexity index is 1720. The van der Waals surface area contributed by atoms with E-state index in [-0.39, 0.29) is 12.2 Å². The molecule has 4 aromatic rings. The maximum atomic E-state index is 13.8. The van der Waals surface area contributed by atoms with Crippen LogP contribution in [0.25, 0.3) is 12.2 Å². The van der Waals surface area contributed by atoms with Crippen molar-refractivity contribution in [2.75, 3.05) is 6.61 Å². The second-order valence-corrected chi connectivity index (χ2v) is 10.4. The molecule has 0 fully saturated rings. The van der Waals surface area contributed by atoms with E-state index in [0.29, 0.717) is 27.2 Å². The van der Waals surface area contributed by atoms with Gasteiger partial charge in [-0.15, -0.1) is 0 Å². The smallest absolute Gasteiger partial charge is 0.338 e. The first kappa shape index (κ1) is 27.1. The fourth-order valence-electron chi connectivity index (χ4n) is 4.49. The van der Waals surface area contributed by atoms with E-state index in [0.717, 1.165) is 28.9 Å². The van der Waals surface area contributed by atoms with Gasteiger partial charge in [0, 0.05) is 0 Å². The zero-order valence-corrected chi connectivity index (χ0v) is 23.3. The number of thiazole rings is 1. The average Bonchev–Trinajstić information content (AvgIpc) is 3.29. The first-order chi connectivity index (χ1) is 19.5. The Balaban J connectivity index is 1.54. The third kappa shape index (κ3) is 6.05. The van der Waals surface area contributed by atoms with Gasteiger partial charge >= 0.3 is 5.97 Å². The van der Waals surface area contributed by atoms with Gasteiger partial charge in [-0.1, -0.05) is 103 Å². The first-order valence-corrected chi connectivity index (χ1v) is 14.0. The molecule has 0 amide bonds. The second-order valence-electron chi connectivity index (χ2n) is 9.35. The van der Waals surface area contributed by atoms with E-state index < -0.39 is 12.0 Å². The standard InChI is InChI=1S/C33H30N2O4S/c1-3-21-38-27-19-17-26(18-20-27)30-29(32(37)39-22-25-13-8-5-9-14-25)23(2)34-33-35(30)31(36)28(40-33)16-10-15-24-11-6-4-7-12-24/h4-20,30H,3,21-22H2,1-2H3. The lowest BCUT2D eigenvalue weighted by Crippen LogP contribution is -2.39. The minimum Gasteiger partial charge on any atom is -0.494 e. The average molecular weight is 551 g/mol. The number of ether oxygens (including phenoxy) is 2. The van der Waals surface area contributed by atoms with Crippen LogP contribution in [0.5, 0.6) is 5.75 Å². The van der Waals surface area contributed by atoms with Crippen LogP contribution in [0.3, 0.4) is 0 Å². The predicted octanol–water partition coefficient (Wildman–Crippen LogP) is 5.43. The maximum absolute atomic E-state index is 13.8. The zero-order chi connectivity index (χ0) is 27.9. The summed E-state index contributed by atoms with van der Waals surface area (Å²) >= 11 is 1.30.